The van der Waals surface area contributed by atoms with Crippen LogP contribution in [0.5, 0.6) is 0 Å². The Hall–Kier alpha value is -1.57. The van der Waals surface area contributed by atoms with Crippen molar-refractivity contribution in [1.82, 2.24) is 5.32 Å². The molecule has 2 rings (SSSR count). The lowest BCUT2D eigenvalue weighted by Gasteiger charge is -2.29. The first-order valence-corrected chi connectivity index (χ1v) is 7.79. The minimum Gasteiger partial charge on any atom is -0.390 e. The van der Waals surface area contributed by atoms with Crippen LogP contribution >= 0.6 is 11.6 Å². The number of aliphatic hydroxyl groups excluding tert-OH is 1. The van der Waals surface area contributed by atoms with Crippen LogP contribution in [0.4, 0.5) is 17.1 Å². The highest BCUT2D eigenvalue weighted by molar-refractivity contribution is 6.18. The molecule has 0 aromatic heterocycles. The molecule has 0 aliphatic carbocycles. The summed E-state index contributed by atoms with van der Waals surface area (Å²) in [6.07, 6.45) is -0.654. The van der Waals surface area contributed by atoms with E-state index in [0.717, 1.165) is 37.4 Å². The van der Waals surface area contributed by atoms with E-state index in [1.165, 1.54) is 0 Å². The number of hydrogen-bond acceptors (Lipinski definition) is 6. The molecule has 1 aromatic rings. The second-order valence-corrected chi connectivity index (χ2v) is 5.65. The SMILES string of the molecule is Cc1cc([N+](=O)[O-])c(N2CCNCC2)cc1NCC(O)CCl. The summed E-state index contributed by atoms with van der Waals surface area (Å²) in [4.78, 5) is 13.0. The molecule has 3 N–H and O–H groups in total. The highest BCUT2D eigenvalue weighted by atomic mass is 35.5. The Labute approximate surface area is 134 Å². The number of nitrogens with one attached hydrogen (secondary N) is 2. The van der Waals surface area contributed by atoms with Crippen molar-refractivity contribution in [1.29, 1.82) is 0 Å². The Morgan fingerprint density at radius 3 is 2.77 bits per heavy atom. The number of hydrogen-bond donors (Lipinski definition) is 3. The second kappa shape index (κ2) is 7.62. The van der Waals surface area contributed by atoms with E-state index in [0.29, 0.717) is 12.2 Å². The van der Waals surface area contributed by atoms with E-state index in [9.17, 15) is 15.2 Å². The average Bonchev–Trinajstić information content (AvgIpc) is 2.53. The van der Waals surface area contributed by atoms with Gasteiger partial charge in [-0.3, -0.25) is 10.1 Å². The molecular formula is C14H21ClN4O3. The Bertz CT molecular complexity index is 535. The van der Waals surface area contributed by atoms with Gasteiger partial charge in [-0.05, 0) is 18.6 Å². The minimum atomic E-state index is -0.654. The van der Waals surface area contributed by atoms with E-state index in [2.05, 4.69) is 10.6 Å². The third-order valence-electron chi connectivity index (χ3n) is 3.68. The largest absolute Gasteiger partial charge is 0.390 e. The van der Waals surface area contributed by atoms with Crippen molar-refractivity contribution < 1.29 is 10.0 Å². The summed E-state index contributed by atoms with van der Waals surface area (Å²) in [5.41, 5.74) is 2.28. The number of nitro groups is 1. The monoisotopic (exact) mass is 328 g/mol. The smallest absolute Gasteiger partial charge is 0.292 e. The maximum absolute atomic E-state index is 11.3. The van der Waals surface area contributed by atoms with Gasteiger partial charge in [0.15, 0.2) is 0 Å². The summed E-state index contributed by atoms with van der Waals surface area (Å²) in [5, 5.41) is 27.2. The highest BCUT2D eigenvalue weighted by Crippen LogP contribution is 2.34. The summed E-state index contributed by atoms with van der Waals surface area (Å²) in [7, 11) is 0. The van der Waals surface area contributed by atoms with Crippen LogP contribution in [0, 0.1) is 17.0 Å². The van der Waals surface area contributed by atoms with Crippen molar-refractivity contribution in [3.8, 4) is 0 Å². The van der Waals surface area contributed by atoms with Gasteiger partial charge in [0.1, 0.15) is 5.69 Å². The summed E-state index contributed by atoms with van der Waals surface area (Å²) in [6.45, 7) is 5.19. The highest BCUT2D eigenvalue weighted by Gasteiger charge is 2.23. The van der Waals surface area contributed by atoms with Crippen molar-refractivity contribution >= 4 is 28.7 Å². The number of anilines is 2. The van der Waals surface area contributed by atoms with Gasteiger partial charge in [0.2, 0.25) is 0 Å². The zero-order chi connectivity index (χ0) is 16.1. The van der Waals surface area contributed by atoms with Crippen LogP contribution in [0.1, 0.15) is 5.56 Å². The average molecular weight is 329 g/mol. The van der Waals surface area contributed by atoms with Gasteiger partial charge < -0.3 is 20.6 Å². The molecule has 22 heavy (non-hydrogen) atoms. The Morgan fingerprint density at radius 2 is 2.18 bits per heavy atom. The molecule has 1 saturated heterocycles. The first-order chi connectivity index (χ1) is 10.5. The summed E-state index contributed by atoms with van der Waals surface area (Å²) >= 11 is 5.58. The van der Waals surface area contributed by atoms with Gasteiger partial charge in [-0.2, -0.15) is 0 Å². The van der Waals surface area contributed by atoms with Gasteiger partial charge in [-0.25, -0.2) is 0 Å². The number of benzene rings is 1. The Kier molecular flexibility index (Phi) is 5.82. The summed E-state index contributed by atoms with van der Waals surface area (Å²) in [6, 6.07) is 3.37. The summed E-state index contributed by atoms with van der Waals surface area (Å²) in [5.74, 6) is 0.143. The fraction of sp³-hybridized carbons (Fsp3) is 0.571. The molecule has 1 aliphatic rings. The van der Waals surface area contributed by atoms with E-state index >= 15 is 0 Å². The van der Waals surface area contributed by atoms with Crippen molar-refractivity contribution in [3.63, 3.8) is 0 Å². The Morgan fingerprint density at radius 1 is 1.50 bits per heavy atom. The molecule has 0 spiro atoms. The van der Waals surface area contributed by atoms with Crippen LogP contribution in [0.25, 0.3) is 0 Å². The summed E-state index contributed by atoms with van der Waals surface area (Å²) < 4.78 is 0. The van der Waals surface area contributed by atoms with E-state index in [4.69, 9.17) is 11.6 Å². The molecule has 122 valence electrons. The van der Waals surface area contributed by atoms with Crippen LogP contribution in [0.3, 0.4) is 0 Å². The molecule has 0 saturated carbocycles. The Balaban J connectivity index is 2.29. The van der Waals surface area contributed by atoms with Gasteiger partial charge in [-0.1, -0.05) is 0 Å². The third kappa shape index (κ3) is 4.00. The number of aryl methyl sites for hydroxylation is 1. The van der Waals surface area contributed by atoms with Crippen LogP contribution in [0.2, 0.25) is 0 Å². The van der Waals surface area contributed by atoms with Crippen LogP contribution in [-0.4, -0.2) is 54.7 Å². The molecular weight excluding hydrogens is 308 g/mol. The standard InChI is InChI=1S/C14H21ClN4O3/c1-10-6-14(19(21)22)13(18-4-2-16-3-5-18)7-12(10)17-9-11(20)8-15/h6-7,11,16-17,20H,2-5,8-9H2,1H3. The zero-order valence-electron chi connectivity index (χ0n) is 12.5. The molecule has 8 heteroatoms. The lowest BCUT2D eigenvalue weighted by atomic mass is 10.1. The molecule has 0 radical (unpaired) electrons. The number of nitrogens with zero attached hydrogens (tertiary/aromatic N) is 2. The van der Waals surface area contributed by atoms with Crippen LogP contribution in [-0.2, 0) is 0 Å². The first-order valence-electron chi connectivity index (χ1n) is 7.25. The third-order valence-corrected chi connectivity index (χ3v) is 4.04. The molecule has 1 unspecified atom stereocenters. The molecule has 0 bridgehead atoms. The van der Waals surface area contributed by atoms with E-state index < -0.39 is 6.10 Å². The van der Waals surface area contributed by atoms with Crippen molar-refractivity contribution in [3.05, 3.63) is 27.8 Å². The number of rotatable bonds is 6. The molecule has 1 atom stereocenters. The van der Waals surface area contributed by atoms with Crippen molar-refractivity contribution in [2.45, 2.75) is 13.0 Å². The van der Waals surface area contributed by atoms with Gasteiger partial charge >= 0.3 is 0 Å². The number of aliphatic hydroxyl groups is 1. The van der Waals surface area contributed by atoms with Crippen LogP contribution in [0.15, 0.2) is 12.1 Å². The number of nitro benzene ring substituents is 1. The lowest BCUT2D eigenvalue weighted by Crippen LogP contribution is -2.43. The minimum absolute atomic E-state index is 0.114. The van der Waals surface area contributed by atoms with E-state index in [1.54, 1.807) is 12.1 Å². The fourth-order valence-electron chi connectivity index (χ4n) is 2.46. The van der Waals surface area contributed by atoms with Gasteiger partial charge in [0.05, 0.1) is 16.9 Å². The normalized spacial score (nSPS) is 16.4. The maximum atomic E-state index is 11.3. The number of piperazine rings is 1. The van der Waals surface area contributed by atoms with Gasteiger partial charge in [0.25, 0.3) is 5.69 Å². The van der Waals surface area contributed by atoms with Gasteiger partial charge in [0, 0.05) is 44.5 Å². The predicted molar refractivity (Wildman–Crippen MR) is 88.1 cm³/mol. The van der Waals surface area contributed by atoms with E-state index in [1.807, 2.05) is 11.8 Å². The molecule has 1 aliphatic heterocycles. The van der Waals surface area contributed by atoms with Crippen molar-refractivity contribution in [2.24, 2.45) is 0 Å². The fourth-order valence-corrected chi connectivity index (χ4v) is 2.57. The van der Waals surface area contributed by atoms with Crippen LogP contribution < -0.4 is 15.5 Å². The topological polar surface area (TPSA) is 90.7 Å². The molecule has 1 fully saturated rings. The van der Waals surface area contributed by atoms with Crippen molar-refractivity contribution in [2.75, 3.05) is 48.8 Å². The molecule has 1 heterocycles. The second-order valence-electron chi connectivity index (χ2n) is 5.34. The molecule has 1 aromatic carbocycles. The number of halogens is 1. The number of alkyl halides is 1. The first kappa shape index (κ1) is 16.8. The van der Waals surface area contributed by atoms with Gasteiger partial charge in [-0.15, -0.1) is 11.6 Å². The van der Waals surface area contributed by atoms with E-state index in [-0.39, 0.29) is 16.5 Å². The zero-order valence-corrected chi connectivity index (χ0v) is 13.3. The molecule has 7 nitrogen and oxygen atoms in total. The maximum Gasteiger partial charge on any atom is 0.292 e. The lowest BCUT2D eigenvalue weighted by molar-refractivity contribution is -0.384. The molecule has 0 amide bonds. The predicted octanol–water partition coefficient (Wildman–Crippen LogP) is 1.32. The quantitative estimate of drug-likeness (QED) is 0.414.